The number of ether oxygens (including phenoxy) is 1. The van der Waals surface area contributed by atoms with Crippen LogP contribution in [0.5, 0.6) is 0 Å². The summed E-state index contributed by atoms with van der Waals surface area (Å²) in [5, 5.41) is 4.05. The highest BCUT2D eigenvalue weighted by atomic mass is 16.5. The molecule has 0 aromatic carbocycles. The van der Waals surface area contributed by atoms with Gasteiger partial charge in [0, 0.05) is 38.8 Å². The van der Waals surface area contributed by atoms with Crippen molar-refractivity contribution in [3.05, 3.63) is 24.1 Å². The molecule has 2 saturated heterocycles. The quantitative estimate of drug-likeness (QED) is 0.762. The number of carbonyl (C=O) groups excluding carboxylic acids is 1. The second-order valence-corrected chi connectivity index (χ2v) is 7.22. The van der Waals surface area contributed by atoms with E-state index in [9.17, 15) is 4.79 Å². The monoisotopic (exact) mass is 386 g/mol. The summed E-state index contributed by atoms with van der Waals surface area (Å²) < 4.78 is 11.2. The van der Waals surface area contributed by atoms with Crippen molar-refractivity contribution in [1.29, 1.82) is 0 Å². The number of hydrogen-bond acceptors (Lipinski definition) is 8. The first-order chi connectivity index (χ1) is 13.7. The van der Waals surface area contributed by atoms with Gasteiger partial charge in [-0.25, -0.2) is 9.97 Å². The Morgan fingerprint density at radius 1 is 1.25 bits per heavy atom. The zero-order valence-corrected chi connectivity index (χ0v) is 16.2. The van der Waals surface area contributed by atoms with Crippen molar-refractivity contribution < 1.29 is 14.1 Å². The normalized spacial score (nSPS) is 21.0. The minimum absolute atomic E-state index is 0.203. The molecular weight excluding hydrogens is 360 g/mol. The number of nitrogens with zero attached hydrogens (tertiary/aromatic N) is 6. The van der Waals surface area contributed by atoms with Crippen molar-refractivity contribution in [3.8, 4) is 11.4 Å². The fourth-order valence-electron chi connectivity index (χ4n) is 3.72. The van der Waals surface area contributed by atoms with Crippen molar-refractivity contribution in [2.45, 2.75) is 38.7 Å². The summed E-state index contributed by atoms with van der Waals surface area (Å²) in [5.41, 5.74) is 1.44. The molecule has 9 heteroatoms. The number of piperidine rings is 1. The standard InChI is InChI=1S/C19H26N6O3/c1-2-16-22-19(23-28-16)14-10-20-13-21-18(14)15-11-24(8-9-27-15)12-17(26)25-6-4-3-5-7-25/h10,13,15H,2-9,11-12H2,1H3/t15-/m1/s1. The Hall–Kier alpha value is -2.39. The lowest BCUT2D eigenvalue weighted by atomic mass is 10.1. The van der Waals surface area contributed by atoms with Gasteiger partial charge in [-0.1, -0.05) is 12.1 Å². The molecule has 0 saturated carbocycles. The minimum atomic E-state index is -0.260. The Morgan fingerprint density at radius 3 is 2.89 bits per heavy atom. The van der Waals surface area contributed by atoms with E-state index < -0.39 is 0 Å². The summed E-state index contributed by atoms with van der Waals surface area (Å²) in [6, 6.07) is 0. The first-order valence-electron chi connectivity index (χ1n) is 9.99. The Morgan fingerprint density at radius 2 is 2.11 bits per heavy atom. The molecule has 2 aliphatic heterocycles. The molecule has 28 heavy (non-hydrogen) atoms. The van der Waals surface area contributed by atoms with Crippen LogP contribution < -0.4 is 0 Å². The van der Waals surface area contributed by atoms with Crippen molar-refractivity contribution in [3.63, 3.8) is 0 Å². The highest BCUT2D eigenvalue weighted by Gasteiger charge is 2.29. The third-order valence-electron chi connectivity index (χ3n) is 5.28. The average Bonchev–Trinajstić information content (AvgIpc) is 3.24. The Kier molecular flexibility index (Phi) is 5.92. The fourth-order valence-corrected chi connectivity index (χ4v) is 3.72. The number of hydrogen-bond donors (Lipinski definition) is 0. The highest BCUT2D eigenvalue weighted by molar-refractivity contribution is 5.78. The maximum absolute atomic E-state index is 12.6. The lowest BCUT2D eigenvalue weighted by molar-refractivity contribution is -0.135. The van der Waals surface area contributed by atoms with Gasteiger partial charge in [-0.3, -0.25) is 9.69 Å². The average molecular weight is 386 g/mol. The Labute approximate surface area is 164 Å². The van der Waals surface area contributed by atoms with Crippen LogP contribution in [-0.4, -0.2) is 75.1 Å². The smallest absolute Gasteiger partial charge is 0.236 e. The topological polar surface area (TPSA) is 97.5 Å². The van der Waals surface area contributed by atoms with Crippen molar-refractivity contribution >= 4 is 5.91 Å². The molecule has 4 heterocycles. The van der Waals surface area contributed by atoms with E-state index in [1.807, 2.05) is 11.8 Å². The molecule has 0 radical (unpaired) electrons. The van der Waals surface area contributed by atoms with Gasteiger partial charge in [-0.15, -0.1) is 0 Å². The first-order valence-corrected chi connectivity index (χ1v) is 9.99. The van der Waals surface area contributed by atoms with Gasteiger partial charge in [-0.05, 0) is 19.3 Å². The molecule has 2 aromatic heterocycles. The van der Waals surface area contributed by atoms with E-state index in [-0.39, 0.29) is 12.0 Å². The summed E-state index contributed by atoms with van der Waals surface area (Å²) in [5.74, 6) is 1.25. The molecule has 0 bridgehead atoms. The van der Waals surface area contributed by atoms with E-state index >= 15 is 0 Å². The van der Waals surface area contributed by atoms with Crippen molar-refractivity contribution in [2.24, 2.45) is 0 Å². The van der Waals surface area contributed by atoms with Gasteiger partial charge in [0.15, 0.2) is 0 Å². The molecule has 1 amide bonds. The first kappa shape index (κ1) is 18.9. The van der Waals surface area contributed by atoms with Gasteiger partial charge in [-0.2, -0.15) is 4.98 Å². The predicted octanol–water partition coefficient (Wildman–Crippen LogP) is 1.47. The summed E-state index contributed by atoms with van der Waals surface area (Å²) in [6.45, 7) is 6.01. The van der Waals surface area contributed by atoms with Crippen molar-refractivity contribution in [2.75, 3.05) is 39.3 Å². The van der Waals surface area contributed by atoms with Gasteiger partial charge in [0.25, 0.3) is 0 Å². The molecule has 0 N–H and O–H groups in total. The summed E-state index contributed by atoms with van der Waals surface area (Å²) in [6.07, 6.45) is 7.02. The lowest BCUT2D eigenvalue weighted by Gasteiger charge is -2.34. The summed E-state index contributed by atoms with van der Waals surface area (Å²) >= 11 is 0. The summed E-state index contributed by atoms with van der Waals surface area (Å²) in [7, 11) is 0. The summed E-state index contributed by atoms with van der Waals surface area (Å²) in [4.78, 5) is 29.7. The van der Waals surface area contributed by atoms with Crippen LogP contribution in [0.15, 0.2) is 17.0 Å². The third-order valence-corrected chi connectivity index (χ3v) is 5.28. The minimum Gasteiger partial charge on any atom is -0.369 e. The SMILES string of the molecule is CCc1nc(-c2cncnc2[C@H]2CN(CC(=O)N3CCCCC3)CCO2)no1. The van der Waals surface area contributed by atoms with Crippen LogP contribution in [0.2, 0.25) is 0 Å². The van der Waals surface area contributed by atoms with E-state index in [0.29, 0.717) is 43.4 Å². The molecule has 0 aliphatic carbocycles. The van der Waals surface area contributed by atoms with Crippen LogP contribution in [0.25, 0.3) is 11.4 Å². The second kappa shape index (κ2) is 8.74. The number of amides is 1. The molecule has 4 rings (SSSR count). The highest BCUT2D eigenvalue weighted by Crippen LogP contribution is 2.28. The maximum Gasteiger partial charge on any atom is 0.236 e. The lowest BCUT2D eigenvalue weighted by Crippen LogP contribution is -2.47. The number of aryl methyl sites for hydroxylation is 1. The van der Waals surface area contributed by atoms with E-state index in [0.717, 1.165) is 38.2 Å². The number of carbonyl (C=O) groups is 1. The molecule has 9 nitrogen and oxygen atoms in total. The van der Waals surface area contributed by atoms with Gasteiger partial charge in [0.05, 0.1) is 24.4 Å². The van der Waals surface area contributed by atoms with Crippen LogP contribution in [0, 0.1) is 0 Å². The Bertz CT molecular complexity index is 804. The second-order valence-electron chi connectivity index (χ2n) is 7.22. The fraction of sp³-hybridized carbons (Fsp3) is 0.632. The van der Waals surface area contributed by atoms with Gasteiger partial charge in [0.1, 0.15) is 12.4 Å². The zero-order chi connectivity index (χ0) is 19.3. The molecule has 2 fully saturated rings. The molecule has 0 unspecified atom stereocenters. The van der Waals surface area contributed by atoms with E-state index in [2.05, 4.69) is 25.0 Å². The van der Waals surface area contributed by atoms with Gasteiger partial charge < -0.3 is 14.2 Å². The van der Waals surface area contributed by atoms with Crippen LogP contribution in [0.1, 0.15) is 43.9 Å². The van der Waals surface area contributed by atoms with Crippen LogP contribution in [0.3, 0.4) is 0 Å². The zero-order valence-electron chi connectivity index (χ0n) is 16.2. The largest absolute Gasteiger partial charge is 0.369 e. The molecular formula is C19H26N6O3. The van der Waals surface area contributed by atoms with Gasteiger partial charge in [0.2, 0.25) is 17.6 Å². The van der Waals surface area contributed by atoms with Crippen LogP contribution in [-0.2, 0) is 16.0 Å². The number of rotatable bonds is 5. The molecule has 2 aliphatic rings. The molecule has 1 atom stereocenters. The van der Waals surface area contributed by atoms with Crippen LogP contribution in [0.4, 0.5) is 0 Å². The third kappa shape index (κ3) is 4.20. The van der Waals surface area contributed by atoms with E-state index in [1.54, 1.807) is 6.20 Å². The maximum atomic E-state index is 12.6. The predicted molar refractivity (Wildman–Crippen MR) is 100 cm³/mol. The van der Waals surface area contributed by atoms with Gasteiger partial charge >= 0.3 is 0 Å². The number of morpholine rings is 1. The molecule has 0 spiro atoms. The molecule has 2 aromatic rings. The van der Waals surface area contributed by atoms with Crippen LogP contribution >= 0.6 is 0 Å². The Balaban J connectivity index is 1.46. The molecule has 150 valence electrons. The van der Waals surface area contributed by atoms with Crippen molar-refractivity contribution in [1.82, 2.24) is 29.9 Å². The number of aromatic nitrogens is 4. The van der Waals surface area contributed by atoms with E-state index in [1.165, 1.54) is 12.7 Å². The number of likely N-dealkylation sites (tertiary alicyclic amines) is 1. The van der Waals surface area contributed by atoms with E-state index in [4.69, 9.17) is 9.26 Å².